The molecule has 0 unspecified atom stereocenters. The molecule has 5 heteroatoms. The Morgan fingerprint density at radius 2 is 1.88 bits per heavy atom. The first-order valence-electron chi connectivity index (χ1n) is 9.17. The van der Waals surface area contributed by atoms with Crippen molar-refractivity contribution < 1.29 is 9.53 Å². The molecule has 2 N–H and O–H groups in total. The average Bonchev–Trinajstić information content (AvgIpc) is 3.11. The van der Waals surface area contributed by atoms with Gasteiger partial charge in [0, 0.05) is 38.6 Å². The smallest absolute Gasteiger partial charge is 0.226 e. The third kappa shape index (κ3) is 4.28. The van der Waals surface area contributed by atoms with E-state index in [1.165, 1.54) is 0 Å². The molecule has 0 spiro atoms. The minimum absolute atomic E-state index is 0.169. The summed E-state index contributed by atoms with van der Waals surface area (Å²) < 4.78 is 5.76. The van der Waals surface area contributed by atoms with E-state index in [4.69, 9.17) is 10.5 Å². The van der Waals surface area contributed by atoms with Gasteiger partial charge in [-0.05, 0) is 37.4 Å². The number of carbonyl (C=O) groups is 1. The van der Waals surface area contributed by atoms with Crippen LogP contribution in [0.4, 0.5) is 0 Å². The second-order valence-corrected chi connectivity index (χ2v) is 6.86. The maximum absolute atomic E-state index is 12.7. The molecule has 2 aliphatic rings. The van der Waals surface area contributed by atoms with E-state index in [0.717, 1.165) is 57.7 Å². The van der Waals surface area contributed by atoms with Crippen LogP contribution in [-0.2, 0) is 4.79 Å². The van der Waals surface area contributed by atoms with Gasteiger partial charge in [-0.3, -0.25) is 9.69 Å². The quantitative estimate of drug-likeness (QED) is 0.860. The van der Waals surface area contributed by atoms with Crippen LogP contribution in [-0.4, -0.2) is 61.6 Å². The molecule has 1 saturated carbocycles. The Hall–Kier alpha value is -1.59. The van der Waals surface area contributed by atoms with Crippen molar-refractivity contribution in [2.45, 2.75) is 19.3 Å². The summed E-state index contributed by atoms with van der Waals surface area (Å²) in [5.74, 6) is 1.82. The van der Waals surface area contributed by atoms with E-state index in [2.05, 4.69) is 4.90 Å². The Morgan fingerprint density at radius 3 is 2.58 bits per heavy atom. The van der Waals surface area contributed by atoms with Crippen molar-refractivity contribution in [3.8, 4) is 5.75 Å². The van der Waals surface area contributed by atoms with Gasteiger partial charge in [-0.25, -0.2) is 0 Å². The van der Waals surface area contributed by atoms with E-state index < -0.39 is 0 Å². The topological polar surface area (TPSA) is 58.8 Å². The van der Waals surface area contributed by atoms with Gasteiger partial charge < -0.3 is 15.4 Å². The lowest BCUT2D eigenvalue weighted by molar-refractivity contribution is -0.138. The van der Waals surface area contributed by atoms with Crippen LogP contribution in [0.5, 0.6) is 5.75 Å². The predicted octanol–water partition coefficient (Wildman–Crippen LogP) is 1.58. The van der Waals surface area contributed by atoms with Gasteiger partial charge >= 0.3 is 0 Å². The van der Waals surface area contributed by atoms with Crippen LogP contribution < -0.4 is 10.5 Å². The highest BCUT2D eigenvalue weighted by molar-refractivity contribution is 5.79. The van der Waals surface area contributed by atoms with Crippen molar-refractivity contribution in [2.75, 3.05) is 45.9 Å². The first-order valence-corrected chi connectivity index (χ1v) is 9.17. The molecule has 1 amide bonds. The Labute approximate surface area is 144 Å². The lowest BCUT2D eigenvalue weighted by Crippen LogP contribution is -2.51. The van der Waals surface area contributed by atoms with Crippen molar-refractivity contribution in [3.05, 3.63) is 30.3 Å². The van der Waals surface area contributed by atoms with Crippen LogP contribution in [0.15, 0.2) is 30.3 Å². The third-order valence-corrected chi connectivity index (χ3v) is 5.38. The standard InChI is InChI=1S/C19H29N3O2/c20-15-16-5-4-8-18(16)19(23)22-11-9-21(10-12-22)13-14-24-17-6-2-1-3-7-17/h1-3,6-7,16,18H,4-5,8-15,20H2/t16-,18-/m1/s1. The van der Waals surface area contributed by atoms with Gasteiger partial charge in [0.1, 0.15) is 12.4 Å². The number of amides is 1. The second-order valence-electron chi connectivity index (χ2n) is 6.86. The van der Waals surface area contributed by atoms with Gasteiger partial charge in [-0.15, -0.1) is 0 Å². The number of benzene rings is 1. The van der Waals surface area contributed by atoms with Crippen molar-refractivity contribution >= 4 is 5.91 Å². The summed E-state index contributed by atoms with van der Waals surface area (Å²) in [6.45, 7) is 5.78. The third-order valence-electron chi connectivity index (χ3n) is 5.38. The summed E-state index contributed by atoms with van der Waals surface area (Å²) in [5, 5.41) is 0. The summed E-state index contributed by atoms with van der Waals surface area (Å²) in [6, 6.07) is 9.91. The van der Waals surface area contributed by atoms with Gasteiger partial charge in [0.2, 0.25) is 5.91 Å². The summed E-state index contributed by atoms with van der Waals surface area (Å²) in [5.41, 5.74) is 5.82. The molecular weight excluding hydrogens is 302 g/mol. The lowest BCUT2D eigenvalue weighted by Gasteiger charge is -2.36. The van der Waals surface area contributed by atoms with Crippen molar-refractivity contribution in [3.63, 3.8) is 0 Å². The largest absolute Gasteiger partial charge is 0.492 e. The van der Waals surface area contributed by atoms with Gasteiger partial charge in [-0.1, -0.05) is 24.6 Å². The van der Waals surface area contributed by atoms with Crippen LogP contribution in [0.1, 0.15) is 19.3 Å². The molecule has 0 bridgehead atoms. The summed E-state index contributed by atoms with van der Waals surface area (Å²) in [4.78, 5) is 17.1. The van der Waals surface area contributed by atoms with Gasteiger partial charge in [-0.2, -0.15) is 0 Å². The number of rotatable bonds is 6. The number of hydrogen-bond acceptors (Lipinski definition) is 4. The SMILES string of the molecule is NC[C@H]1CCC[C@H]1C(=O)N1CCN(CCOc2ccccc2)CC1. The van der Waals surface area contributed by atoms with Gasteiger partial charge in [0.25, 0.3) is 0 Å². The minimum atomic E-state index is 0.169. The van der Waals surface area contributed by atoms with E-state index in [-0.39, 0.29) is 5.92 Å². The summed E-state index contributed by atoms with van der Waals surface area (Å²) in [7, 11) is 0. The Balaban J connectivity index is 1.38. The first kappa shape index (κ1) is 17.2. The van der Waals surface area contributed by atoms with Crippen molar-refractivity contribution in [1.29, 1.82) is 0 Å². The average molecular weight is 331 g/mol. The molecule has 1 aromatic rings. The number of para-hydroxylation sites is 1. The molecule has 1 aliphatic carbocycles. The molecule has 1 aromatic carbocycles. The van der Waals surface area contributed by atoms with E-state index in [9.17, 15) is 4.79 Å². The zero-order valence-corrected chi connectivity index (χ0v) is 14.4. The fourth-order valence-corrected chi connectivity index (χ4v) is 3.88. The molecule has 132 valence electrons. The molecule has 5 nitrogen and oxygen atoms in total. The number of ether oxygens (including phenoxy) is 1. The van der Waals surface area contributed by atoms with E-state index in [1.807, 2.05) is 35.2 Å². The number of carbonyl (C=O) groups excluding carboxylic acids is 1. The minimum Gasteiger partial charge on any atom is -0.492 e. The molecule has 2 fully saturated rings. The normalized spacial score (nSPS) is 25.0. The fourth-order valence-electron chi connectivity index (χ4n) is 3.88. The number of piperazine rings is 1. The van der Waals surface area contributed by atoms with Gasteiger partial charge in [0.15, 0.2) is 0 Å². The maximum Gasteiger partial charge on any atom is 0.226 e. The first-order chi connectivity index (χ1) is 11.8. The molecule has 24 heavy (non-hydrogen) atoms. The monoisotopic (exact) mass is 331 g/mol. The molecule has 1 aliphatic heterocycles. The molecule has 3 rings (SSSR count). The Morgan fingerprint density at radius 1 is 1.12 bits per heavy atom. The predicted molar refractivity (Wildman–Crippen MR) is 94.8 cm³/mol. The summed E-state index contributed by atoms with van der Waals surface area (Å²) in [6.07, 6.45) is 3.28. The van der Waals surface area contributed by atoms with Gasteiger partial charge in [0.05, 0.1) is 0 Å². The number of hydrogen-bond donors (Lipinski definition) is 1. The highest BCUT2D eigenvalue weighted by Gasteiger charge is 2.35. The Bertz CT molecular complexity index is 515. The highest BCUT2D eigenvalue weighted by Crippen LogP contribution is 2.32. The maximum atomic E-state index is 12.7. The number of nitrogens with zero attached hydrogens (tertiary/aromatic N) is 2. The molecule has 2 atom stereocenters. The van der Waals surface area contributed by atoms with Crippen LogP contribution in [0.3, 0.4) is 0 Å². The van der Waals surface area contributed by atoms with E-state index in [0.29, 0.717) is 25.0 Å². The van der Waals surface area contributed by atoms with Crippen molar-refractivity contribution in [1.82, 2.24) is 9.80 Å². The molecule has 1 heterocycles. The summed E-state index contributed by atoms with van der Waals surface area (Å²) >= 11 is 0. The van der Waals surface area contributed by atoms with Crippen LogP contribution in [0, 0.1) is 11.8 Å². The van der Waals surface area contributed by atoms with Crippen molar-refractivity contribution in [2.24, 2.45) is 17.6 Å². The fraction of sp³-hybridized carbons (Fsp3) is 0.632. The van der Waals surface area contributed by atoms with Crippen LogP contribution in [0.2, 0.25) is 0 Å². The number of nitrogens with two attached hydrogens (primary N) is 1. The molecular formula is C19H29N3O2. The zero-order chi connectivity index (χ0) is 16.8. The van der Waals surface area contributed by atoms with Crippen LogP contribution in [0.25, 0.3) is 0 Å². The zero-order valence-electron chi connectivity index (χ0n) is 14.4. The van der Waals surface area contributed by atoms with Crippen LogP contribution >= 0.6 is 0 Å². The van der Waals surface area contributed by atoms with E-state index >= 15 is 0 Å². The van der Waals surface area contributed by atoms with E-state index in [1.54, 1.807) is 0 Å². The Kier molecular flexibility index (Phi) is 6.10. The molecule has 0 aromatic heterocycles. The lowest BCUT2D eigenvalue weighted by atomic mass is 9.94. The second kappa shape index (κ2) is 8.49. The molecule has 1 saturated heterocycles. The molecule has 0 radical (unpaired) electrons. The highest BCUT2D eigenvalue weighted by atomic mass is 16.5.